The van der Waals surface area contributed by atoms with Gasteiger partial charge in [-0.25, -0.2) is 19.6 Å². The fourth-order valence-corrected chi connectivity index (χ4v) is 2.99. The Morgan fingerprint density at radius 2 is 1.93 bits per heavy atom. The van der Waals surface area contributed by atoms with Crippen LogP contribution in [0.15, 0.2) is 84.3 Å². The fraction of sp³-hybridized carbons (Fsp3) is 0.0952. The molecule has 3 aromatic rings. The van der Waals surface area contributed by atoms with Gasteiger partial charge in [0, 0.05) is 23.7 Å². The van der Waals surface area contributed by atoms with Gasteiger partial charge >= 0.3 is 0 Å². The van der Waals surface area contributed by atoms with Crippen LogP contribution < -0.4 is 10.1 Å². The molecule has 142 valence electrons. The molecule has 2 aliphatic rings. The Labute approximate surface area is 166 Å². The lowest BCUT2D eigenvalue weighted by Gasteiger charge is -2.22. The maximum absolute atomic E-state index is 12.3. The number of carbonyl (C=O) groups excluding carboxylic acids is 1. The number of carbonyl (C=O) groups is 1. The fourth-order valence-electron chi connectivity index (χ4n) is 2.99. The van der Waals surface area contributed by atoms with E-state index in [-0.39, 0.29) is 5.91 Å². The van der Waals surface area contributed by atoms with Gasteiger partial charge in [-0.05, 0) is 47.9 Å². The highest BCUT2D eigenvalue weighted by molar-refractivity contribution is 6.06. The summed E-state index contributed by atoms with van der Waals surface area (Å²) < 4.78 is 7.29. The number of nitrogens with zero attached hydrogens (tertiary/aromatic N) is 5. The van der Waals surface area contributed by atoms with Crippen LogP contribution in [0.3, 0.4) is 0 Å². The van der Waals surface area contributed by atoms with E-state index in [1.54, 1.807) is 36.7 Å². The van der Waals surface area contributed by atoms with Gasteiger partial charge < -0.3 is 10.1 Å². The Balaban J connectivity index is 1.22. The number of anilines is 1. The summed E-state index contributed by atoms with van der Waals surface area (Å²) in [7, 11) is 0. The molecule has 1 N–H and O–H groups in total. The number of allylic oxidation sites excluding steroid dienone is 5. The number of hydrogen-bond acceptors (Lipinski definition) is 6. The van der Waals surface area contributed by atoms with E-state index in [9.17, 15) is 4.79 Å². The van der Waals surface area contributed by atoms with Gasteiger partial charge in [0.2, 0.25) is 5.88 Å². The van der Waals surface area contributed by atoms with Gasteiger partial charge in [-0.3, -0.25) is 4.79 Å². The zero-order valence-corrected chi connectivity index (χ0v) is 15.3. The van der Waals surface area contributed by atoms with Crippen LogP contribution in [-0.2, 0) is 4.79 Å². The first kappa shape index (κ1) is 17.1. The van der Waals surface area contributed by atoms with Crippen molar-refractivity contribution < 1.29 is 9.53 Å². The van der Waals surface area contributed by atoms with Crippen LogP contribution in [0.5, 0.6) is 11.6 Å². The first-order valence-electron chi connectivity index (χ1n) is 9.10. The van der Waals surface area contributed by atoms with E-state index in [0.29, 0.717) is 23.1 Å². The minimum atomic E-state index is -0.0698. The van der Waals surface area contributed by atoms with Crippen LogP contribution in [-0.4, -0.2) is 30.6 Å². The van der Waals surface area contributed by atoms with Crippen molar-refractivity contribution in [1.29, 1.82) is 0 Å². The molecule has 8 heteroatoms. The molecule has 0 fully saturated rings. The van der Waals surface area contributed by atoms with E-state index in [1.807, 2.05) is 6.08 Å². The third kappa shape index (κ3) is 3.55. The van der Waals surface area contributed by atoms with Crippen molar-refractivity contribution in [2.45, 2.75) is 12.8 Å². The standard InChI is InChI=1S/C21H16N6O2/c28-21(16-8-15(9-16)14-2-1-3-14)26-17-4-6-18(7-5-17)29-20-10-19(23-12-24-20)27-13-22-11-25-27/h1-2,4-8,10-13H,3,9H2,(H,26,28). The molecule has 0 aliphatic heterocycles. The topological polar surface area (TPSA) is 94.8 Å². The third-order valence-electron chi connectivity index (χ3n) is 4.71. The van der Waals surface area contributed by atoms with Crippen molar-refractivity contribution >= 4 is 11.6 Å². The van der Waals surface area contributed by atoms with Crippen molar-refractivity contribution in [3.8, 4) is 17.4 Å². The maximum atomic E-state index is 12.3. The molecule has 1 aromatic carbocycles. The van der Waals surface area contributed by atoms with Crippen molar-refractivity contribution in [3.63, 3.8) is 0 Å². The smallest absolute Gasteiger partial charge is 0.251 e. The SMILES string of the molecule is O=C(Nc1ccc(Oc2cc(-n3cncn3)ncn2)cc1)C1=CC(=C2C=CC2)C1. The second kappa shape index (κ2) is 7.16. The van der Waals surface area contributed by atoms with Gasteiger partial charge in [0.15, 0.2) is 5.82 Å². The van der Waals surface area contributed by atoms with Crippen LogP contribution in [0.25, 0.3) is 5.82 Å². The van der Waals surface area contributed by atoms with Gasteiger partial charge in [-0.1, -0.05) is 12.2 Å². The molecule has 5 rings (SSSR count). The van der Waals surface area contributed by atoms with Crippen LogP contribution in [0.2, 0.25) is 0 Å². The van der Waals surface area contributed by atoms with Crippen LogP contribution in [0.4, 0.5) is 5.69 Å². The highest BCUT2D eigenvalue weighted by Crippen LogP contribution is 2.34. The van der Waals surface area contributed by atoms with Gasteiger partial charge in [0.1, 0.15) is 24.7 Å². The average molecular weight is 384 g/mol. The van der Waals surface area contributed by atoms with Crippen LogP contribution in [0.1, 0.15) is 12.8 Å². The zero-order valence-electron chi connectivity index (χ0n) is 15.3. The Hall–Kier alpha value is -4.07. The molecule has 2 aliphatic carbocycles. The average Bonchev–Trinajstić information content (AvgIpc) is 3.19. The molecule has 0 spiro atoms. The summed E-state index contributed by atoms with van der Waals surface area (Å²) >= 11 is 0. The molecule has 2 aromatic heterocycles. The second-order valence-corrected chi connectivity index (χ2v) is 6.64. The molecule has 0 saturated heterocycles. The van der Waals surface area contributed by atoms with Gasteiger partial charge in [-0.2, -0.15) is 5.10 Å². The predicted molar refractivity (Wildman–Crippen MR) is 106 cm³/mol. The molecule has 2 heterocycles. The van der Waals surface area contributed by atoms with E-state index in [4.69, 9.17) is 4.74 Å². The molecule has 0 unspecified atom stereocenters. The van der Waals surface area contributed by atoms with E-state index in [1.165, 1.54) is 28.5 Å². The number of rotatable bonds is 5. The summed E-state index contributed by atoms with van der Waals surface area (Å²) in [4.78, 5) is 24.5. The Bertz CT molecular complexity index is 1160. The quantitative estimate of drug-likeness (QED) is 0.725. The largest absolute Gasteiger partial charge is 0.439 e. The lowest BCUT2D eigenvalue weighted by atomic mass is 9.84. The minimum absolute atomic E-state index is 0.0698. The summed E-state index contributed by atoms with van der Waals surface area (Å²) in [5, 5.41) is 6.94. The lowest BCUT2D eigenvalue weighted by molar-refractivity contribution is -0.113. The van der Waals surface area contributed by atoms with E-state index >= 15 is 0 Å². The summed E-state index contributed by atoms with van der Waals surface area (Å²) in [6.07, 6.45) is 12.3. The molecule has 0 saturated carbocycles. The van der Waals surface area contributed by atoms with Gasteiger partial charge in [-0.15, -0.1) is 0 Å². The minimum Gasteiger partial charge on any atom is -0.439 e. The van der Waals surface area contributed by atoms with Crippen LogP contribution >= 0.6 is 0 Å². The number of hydrogen-bond donors (Lipinski definition) is 1. The van der Waals surface area contributed by atoms with Crippen molar-refractivity contribution in [3.05, 3.63) is 84.3 Å². The molecule has 29 heavy (non-hydrogen) atoms. The van der Waals surface area contributed by atoms with E-state index < -0.39 is 0 Å². The highest BCUT2D eigenvalue weighted by atomic mass is 16.5. The molecule has 1 amide bonds. The van der Waals surface area contributed by atoms with Gasteiger partial charge in [0.25, 0.3) is 5.91 Å². The molecule has 0 atom stereocenters. The zero-order chi connectivity index (χ0) is 19.6. The lowest BCUT2D eigenvalue weighted by Crippen LogP contribution is -2.20. The summed E-state index contributed by atoms with van der Waals surface area (Å²) in [6, 6.07) is 8.79. The molecular weight excluding hydrogens is 368 g/mol. The monoisotopic (exact) mass is 384 g/mol. The third-order valence-corrected chi connectivity index (χ3v) is 4.71. The number of nitrogens with one attached hydrogen (secondary N) is 1. The molecule has 0 bridgehead atoms. The van der Waals surface area contributed by atoms with E-state index in [2.05, 4.69) is 37.5 Å². The number of aromatic nitrogens is 5. The van der Waals surface area contributed by atoms with Crippen molar-refractivity contribution in [2.24, 2.45) is 0 Å². The van der Waals surface area contributed by atoms with Crippen molar-refractivity contribution in [2.75, 3.05) is 5.32 Å². The molecular formula is C21H16N6O2. The van der Waals surface area contributed by atoms with E-state index in [0.717, 1.165) is 18.4 Å². The molecule has 0 radical (unpaired) electrons. The maximum Gasteiger partial charge on any atom is 0.251 e. The first-order chi connectivity index (χ1) is 14.2. The highest BCUT2D eigenvalue weighted by Gasteiger charge is 2.22. The Morgan fingerprint density at radius 1 is 1.10 bits per heavy atom. The number of ether oxygens (including phenoxy) is 1. The summed E-state index contributed by atoms with van der Waals surface area (Å²) in [6.45, 7) is 0. The number of amides is 1. The predicted octanol–water partition coefficient (Wildman–Crippen LogP) is 3.37. The Kier molecular flexibility index (Phi) is 4.21. The first-order valence-corrected chi connectivity index (χ1v) is 9.10. The number of benzene rings is 1. The second-order valence-electron chi connectivity index (χ2n) is 6.64. The normalized spacial score (nSPS) is 17.2. The molecule has 8 nitrogen and oxygen atoms in total. The van der Waals surface area contributed by atoms with Gasteiger partial charge in [0.05, 0.1) is 0 Å². The summed E-state index contributed by atoms with van der Waals surface area (Å²) in [5.74, 6) is 1.46. The Morgan fingerprint density at radius 3 is 2.62 bits per heavy atom. The summed E-state index contributed by atoms with van der Waals surface area (Å²) in [5.41, 5.74) is 4.10. The van der Waals surface area contributed by atoms with Crippen LogP contribution in [0, 0.1) is 0 Å². The van der Waals surface area contributed by atoms with Crippen molar-refractivity contribution in [1.82, 2.24) is 24.7 Å².